The largest absolute Gasteiger partial charge is 0.492 e. The number of benzene rings is 3. The van der Waals surface area contributed by atoms with Crippen molar-refractivity contribution in [3.05, 3.63) is 90.3 Å². The number of nitrogens with zero attached hydrogens (tertiary/aromatic N) is 3. The van der Waals surface area contributed by atoms with E-state index in [0.717, 1.165) is 52.1 Å². The topological polar surface area (TPSA) is 114 Å². The fourth-order valence-electron chi connectivity index (χ4n) is 4.88. The van der Waals surface area contributed by atoms with Gasteiger partial charge in [0.15, 0.2) is 5.82 Å². The first-order valence-corrected chi connectivity index (χ1v) is 14.7. The minimum atomic E-state index is -0.526. The van der Waals surface area contributed by atoms with E-state index in [4.69, 9.17) is 24.9 Å². The molecule has 3 aromatic carbocycles. The monoisotopic (exact) mass is 581 g/mol. The third-order valence-corrected chi connectivity index (χ3v) is 6.83. The first-order valence-electron chi connectivity index (χ1n) is 14.7. The summed E-state index contributed by atoms with van der Waals surface area (Å²) in [7, 11) is 0. The van der Waals surface area contributed by atoms with Crippen LogP contribution in [-0.4, -0.2) is 39.4 Å². The Morgan fingerprint density at radius 1 is 0.907 bits per heavy atom. The lowest BCUT2D eigenvalue weighted by atomic mass is 10.1. The van der Waals surface area contributed by atoms with E-state index in [-0.39, 0.29) is 0 Å². The van der Waals surface area contributed by atoms with Gasteiger partial charge in [0.2, 0.25) is 0 Å². The summed E-state index contributed by atoms with van der Waals surface area (Å²) in [6.07, 6.45) is 1.89. The van der Waals surface area contributed by atoms with Crippen molar-refractivity contribution in [1.29, 1.82) is 0 Å². The Labute approximate surface area is 252 Å². The number of rotatable bonds is 12. The van der Waals surface area contributed by atoms with Crippen molar-refractivity contribution >= 4 is 33.8 Å². The number of aromatic nitrogens is 3. The Bertz CT molecular complexity index is 1660. The van der Waals surface area contributed by atoms with E-state index in [0.29, 0.717) is 44.1 Å². The average molecular weight is 582 g/mol. The lowest BCUT2D eigenvalue weighted by molar-refractivity contribution is 0.0527. The minimum absolute atomic E-state index is 0.373. The lowest BCUT2D eigenvalue weighted by Gasteiger charge is -2.19. The zero-order valence-corrected chi connectivity index (χ0v) is 25.0. The number of amides is 1. The Kier molecular flexibility index (Phi) is 9.29. The second kappa shape index (κ2) is 13.5. The van der Waals surface area contributed by atoms with Crippen molar-refractivity contribution in [3.63, 3.8) is 0 Å². The normalized spacial score (nSPS) is 11.5. The molecule has 0 radical (unpaired) electrons. The van der Waals surface area contributed by atoms with Crippen LogP contribution in [0.15, 0.2) is 78.9 Å². The summed E-state index contributed by atoms with van der Waals surface area (Å²) < 4.78 is 19.6. The van der Waals surface area contributed by atoms with Gasteiger partial charge < -0.3 is 29.8 Å². The highest BCUT2D eigenvalue weighted by atomic mass is 16.6. The second-order valence-corrected chi connectivity index (χ2v) is 11.4. The van der Waals surface area contributed by atoms with E-state index in [1.54, 1.807) is 0 Å². The van der Waals surface area contributed by atoms with Crippen molar-refractivity contribution in [2.45, 2.75) is 58.8 Å². The van der Waals surface area contributed by atoms with E-state index in [2.05, 4.69) is 14.9 Å². The molecule has 224 valence electrons. The molecule has 2 aromatic heterocycles. The van der Waals surface area contributed by atoms with Crippen LogP contribution in [0.1, 0.15) is 45.0 Å². The highest BCUT2D eigenvalue weighted by molar-refractivity contribution is 6.07. The molecule has 9 nitrogen and oxygen atoms in total. The summed E-state index contributed by atoms with van der Waals surface area (Å²) >= 11 is 0. The van der Waals surface area contributed by atoms with Crippen molar-refractivity contribution < 1.29 is 19.0 Å². The van der Waals surface area contributed by atoms with Gasteiger partial charge in [-0.1, -0.05) is 48.5 Å². The number of unbranched alkanes of at least 4 members (excludes halogenated alkanes) is 1. The maximum absolute atomic E-state index is 12.0. The molecular weight excluding hydrogens is 542 g/mol. The SMILES string of the molecule is CC(C)(C)OC(=O)NCCCCc1nc2c(N)nc3cc(OCc4ccccc4)ccc3c2n1CCOc1ccccc1. The summed E-state index contributed by atoms with van der Waals surface area (Å²) in [6, 6.07) is 25.7. The number of carbonyl (C=O) groups excluding carboxylic acids is 1. The van der Waals surface area contributed by atoms with Crippen LogP contribution in [0.2, 0.25) is 0 Å². The number of anilines is 1. The number of alkyl carbamates (subject to hydrolysis) is 1. The van der Waals surface area contributed by atoms with Crippen LogP contribution in [0.4, 0.5) is 10.6 Å². The molecule has 0 atom stereocenters. The zero-order valence-electron chi connectivity index (χ0n) is 25.0. The number of pyridine rings is 1. The number of ether oxygens (including phenoxy) is 3. The van der Waals surface area contributed by atoms with Crippen molar-refractivity contribution in [2.24, 2.45) is 0 Å². The van der Waals surface area contributed by atoms with Crippen molar-refractivity contribution in [3.8, 4) is 11.5 Å². The van der Waals surface area contributed by atoms with Gasteiger partial charge in [0.25, 0.3) is 0 Å². The molecule has 5 aromatic rings. The second-order valence-electron chi connectivity index (χ2n) is 11.4. The molecule has 0 spiro atoms. The lowest BCUT2D eigenvalue weighted by Crippen LogP contribution is -2.33. The molecular formula is C34H39N5O4. The maximum Gasteiger partial charge on any atom is 0.407 e. The molecule has 2 heterocycles. The molecule has 0 bridgehead atoms. The Morgan fingerprint density at radius 3 is 2.40 bits per heavy atom. The molecule has 0 unspecified atom stereocenters. The standard InChI is InChI=1S/C34H39N5O4/c1-34(2,3)43-33(40)36-19-11-10-16-29-38-30-31(39(29)20-21-41-25-14-8-5-9-15-25)27-18-17-26(22-28(27)37-32(30)35)42-23-24-12-6-4-7-13-24/h4-9,12-15,17-18,22H,10-11,16,19-21,23H2,1-3H3,(H2,35,37)(H,36,40). The van der Waals surface area contributed by atoms with Gasteiger partial charge in [0.05, 0.1) is 17.6 Å². The van der Waals surface area contributed by atoms with Gasteiger partial charge >= 0.3 is 6.09 Å². The van der Waals surface area contributed by atoms with Gasteiger partial charge in [-0.05, 0) is 63.4 Å². The molecule has 0 aliphatic rings. The molecule has 0 aliphatic carbocycles. The number of para-hydroxylation sites is 1. The van der Waals surface area contributed by atoms with Crippen LogP contribution in [0.25, 0.3) is 21.9 Å². The van der Waals surface area contributed by atoms with E-state index in [1.807, 2.05) is 99.6 Å². The van der Waals surface area contributed by atoms with Gasteiger partial charge in [-0.25, -0.2) is 14.8 Å². The molecule has 0 aliphatic heterocycles. The molecule has 3 N–H and O–H groups in total. The number of imidazole rings is 1. The summed E-state index contributed by atoms with van der Waals surface area (Å²) in [5.74, 6) is 2.80. The number of fused-ring (bicyclic) bond motifs is 3. The fourth-order valence-corrected chi connectivity index (χ4v) is 4.88. The van der Waals surface area contributed by atoms with Crippen LogP contribution in [0.5, 0.6) is 11.5 Å². The van der Waals surface area contributed by atoms with E-state index in [9.17, 15) is 4.79 Å². The molecule has 43 heavy (non-hydrogen) atoms. The first-order chi connectivity index (χ1) is 20.8. The van der Waals surface area contributed by atoms with Crippen LogP contribution in [0, 0.1) is 0 Å². The molecule has 5 rings (SSSR count). The third-order valence-electron chi connectivity index (χ3n) is 6.83. The predicted octanol–water partition coefficient (Wildman–Crippen LogP) is 6.67. The molecule has 0 fully saturated rings. The molecule has 9 heteroatoms. The summed E-state index contributed by atoms with van der Waals surface area (Å²) in [5, 5.41) is 3.77. The zero-order chi connectivity index (χ0) is 30.2. The third kappa shape index (κ3) is 7.94. The van der Waals surface area contributed by atoms with E-state index in [1.165, 1.54) is 0 Å². The number of hydrogen-bond donors (Lipinski definition) is 2. The number of nitrogens with two attached hydrogens (primary N) is 1. The Hall–Kier alpha value is -4.79. The highest BCUT2D eigenvalue weighted by Crippen LogP contribution is 2.32. The van der Waals surface area contributed by atoms with E-state index >= 15 is 0 Å². The van der Waals surface area contributed by atoms with Crippen molar-refractivity contribution in [2.75, 3.05) is 18.9 Å². The summed E-state index contributed by atoms with van der Waals surface area (Å²) in [4.78, 5) is 21.6. The molecule has 0 saturated heterocycles. The number of aryl methyl sites for hydroxylation is 1. The van der Waals surface area contributed by atoms with Crippen LogP contribution < -0.4 is 20.5 Å². The Morgan fingerprint density at radius 2 is 1.65 bits per heavy atom. The van der Waals surface area contributed by atoms with Crippen LogP contribution >= 0.6 is 0 Å². The van der Waals surface area contributed by atoms with Crippen LogP contribution in [-0.2, 0) is 24.3 Å². The van der Waals surface area contributed by atoms with Crippen LogP contribution in [0.3, 0.4) is 0 Å². The van der Waals surface area contributed by atoms with Gasteiger partial charge in [-0.2, -0.15) is 0 Å². The number of carbonyl (C=O) groups is 1. The van der Waals surface area contributed by atoms with Crippen molar-refractivity contribution in [1.82, 2.24) is 19.9 Å². The summed E-state index contributed by atoms with van der Waals surface area (Å²) in [5.41, 5.74) is 9.39. The average Bonchev–Trinajstić information content (AvgIpc) is 3.35. The quantitative estimate of drug-likeness (QED) is 0.158. The molecule has 1 amide bonds. The first kappa shape index (κ1) is 29.7. The number of hydrogen-bond acceptors (Lipinski definition) is 7. The Balaban J connectivity index is 1.36. The van der Waals surface area contributed by atoms with Gasteiger partial charge in [0.1, 0.15) is 41.7 Å². The maximum atomic E-state index is 12.0. The van der Waals surface area contributed by atoms with E-state index < -0.39 is 11.7 Å². The predicted molar refractivity (Wildman–Crippen MR) is 169 cm³/mol. The van der Waals surface area contributed by atoms with Gasteiger partial charge in [0, 0.05) is 24.4 Å². The number of nitrogens with one attached hydrogen (secondary N) is 1. The highest BCUT2D eigenvalue weighted by Gasteiger charge is 2.19. The fraction of sp³-hybridized carbons (Fsp3) is 0.324. The van der Waals surface area contributed by atoms with Gasteiger partial charge in [-0.3, -0.25) is 0 Å². The van der Waals surface area contributed by atoms with Gasteiger partial charge in [-0.15, -0.1) is 0 Å². The summed E-state index contributed by atoms with van der Waals surface area (Å²) in [6.45, 7) is 7.58. The minimum Gasteiger partial charge on any atom is -0.492 e. The smallest absolute Gasteiger partial charge is 0.407 e. The molecule has 0 saturated carbocycles. The number of nitrogen functional groups attached to an aromatic ring is 1.